The van der Waals surface area contributed by atoms with Gasteiger partial charge in [-0.15, -0.1) is 0 Å². The molecular formula is C16H18N4O. The number of anilines is 1. The molecule has 21 heavy (non-hydrogen) atoms. The van der Waals surface area contributed by atoms with E-state index in [0.717, 1.165) is 35.0 Å². The zero-order valence-electron chi connectivity index (χ0n) is 11.8. The number of fused-ring (bicyclic) bond motifs is 1. The predicted molar refractivity (Wildman–Crippen MR) is 80.6 cm³/mol. The SMILES string of the molecule is NNc1nc(-c2cccc(C3CC3)c2)nc2c1COCC2. The number of hydrogen-bond acceptors (Lipinski definition) is 5. The molecule has 1 fully saturated rings. The van der Waals surface area contributed by atoms with Gasteiger partial charge in [0, 0.05) is 17.5 Å². The fourth-order valence-corrected chi connectivity index (χ4v) is 2.83. The van der Waals surface area contributed by atoms with Gasteiger partial charge in [0.1, 0.15) is 5.82 Å². The molecule has 1 saturated carbocycles. The lowest BCUT2D eigenvalue weighted by atomic mass is 10.1. The zero-order valence-corrected chi connectivity index (χ0v) is 11.8. The van der Waals surface area contributed by atoms with Crippen LogP contribution < -0.4 is 11.3 Å². The summed E-state index contributed by atoms with van der Waals surface area (Å²) in [6.45, 7) is 1.23. The van der Waals surface area contributed by atoms with E-state index in [0.29, 0.717) is 19.0 Å². The highest BCUT2D eigenvalue weighted by Crippen LogP contribution is 2.41. The maximum absolute atomic E-state index is 5.61. The Morgan fingerprint density at radius 3 is 2.95 bits per heavy atom. The molecule has 2 aliphatic rings. The Morgan fingerprint density at radius 1 is 1.24 bits per heavy atom. The Labute approximate surface area is 123 Å². The average Bonchev–Trinajstić information content (AvgIpc) is 3.39. The number of rotatable bonds is 3. The number of nitrogens with zero attached hydrogens (tertiary/aromatic N) is 2. The Kier molecular flexibility index (Phi) is 3.09. The molecule has 0 saturated heterocycles. The van der Waals surface area contributed by atoms with Gasteiger partial charge in [-0.2, -0.15) is 0 Å². The quantitative estimate of drug-likeness (QED) is 0.668. The van der Waals surface area contributed by atoms with Crippen molar-refractivity contribution in [1.82, 2.24) is 9.97 Å². The molecular weight excluding hydrogens is 264 g/mol. The van der Waals surface area contributed by atoms with Gasteiger partial charge >= 0.3 is 0 Å². The van der Waals surface area contributed by atoms with Crippen molar-refractivity contribution in [2.24, 2.45) is 5.84 Å². The third-order valence-corrected chi connectivity index (χ3v) is 4.15. The topological polar surface area (TPSA) is 73.1 Å². The van der Waals surface area contributed by atoms with Crippen LogP contribution >= 0.6 is 0 Å². The number of hydrogen-bond donors (Lipinski definition) is 2. The molecule has 3 N–H and O–H groups in total. The summed E-state index contributed by atoms with van der Waals surface area (Å²) in [7, 11) is 0. The minimum absolute atomic E-state index is 0.525. The maximum Gasteiger partial charge on any atom is 0.161 e. The van der Waals surface area contributed by atoms with E-state index in [-0.39, 0.29) is 0 Å². The molecule has 0 bridgehead atoms. The lowest BCUT2D eigenvalue weighted by Gasteiger charge is -2.19. The van der Waals surface area contributed by atoms with E-state index >= 15 is 0 Å². The van der Waals surface area contributed by atoms with Gasteiger partial charge in [-0.1, -0.05) is 18.2 Å². The molecule has 5 heteroatoms. The van der Waals surface area contributed by atoms with E-state index in [9.17, 15) is 0 Å². The zero-order chi connectivity index (χ0) is 14.2. The summed E-state index contributed by atoms with van der Waals surface area (Å²) >= 11 is 0. The molecule has 1 aliphatic carbocycles. The van der Waals surface area contributed by atoms with Crippen molar-refractivity contribution in [3.05, 3.63) is 41.1 Å². The molecule has 0 radical (unpaired) electrons. The number of hydrazine groups is 1. The average molecular weight is 282 g/mol. The van der Waals surface area contributed by atoms with Crippen LogP contribution in [0.1, 0.15) is 35.6 Å². The summed E-state index contributed by atoms with van der Waals surface area (Å²) in [4.78, 5) is 9.29. The van der Waals surface area contributed by atoms with Crippen LogP contribution in [0.3, 0.4) is 0 Å². The monoisotopic (exact) mass is 282 g/mol. The predicted octanol–water partition coefficient (Wildman–Crippen LogP) is 2.38. The van der Waals surface area contributed by atoms with E-state index < -0.39 is 0 Å². The van der Waals surface area contributed by atoms with Gasteiger partial charge in [0.25, 0.3) is 0 Å². The number of nitrogens with one attached hydrogen (secondary N) is 1. The number of ether oxygens (including phenoxy) is 1. The summed E-state index contributed by atoms with van der Waals surface area (Å²) in [5, 5.41) is 0. The smallest absolute Gasteiger partial charge is 0.161 e. The van der Waals surface area contributed by atoms with Crippen LogP contribution in [0, 0.1) is 0 Å². The molecule has 0 unspecified atom stereocenters. The molecule has 0 spiro atoms. The Balaban J connectivity index is 1.79. The fraction of sp³-hybridized carbons (Fsp3) is 0.375. The third-order valence-electron chi connectivity index (χ3n) is 4.15. The molecule has 5 nitrogen and oxygen atoms in total. The second-order valence-electron chi connectivity index (χ2n) is 5.67. The minimum Gasteiger partial charge on any atom is -0.376 e. The van der Waals surface area contributed by atoms with E-state index in [1.165, 1.54) is 18.4 Å². The summed E-state index contributed by atoms with van der Waals surface area (Å²) in [6.07, 6.45) is 3.39. The van der Waals surface area contributed by atoms with Crippen molar-refractivity contribution in [3.8, 4) is 11.4 Å². The minimum atomic E-state index is 0.525. The standard InChI is InChI=1S/C16H18N4O/c17-20-16-13-9-21-7-6-14(13)18-15(19-16)12-3-1-2-11(8-12)10-4-5-10/h1-3,8,10H,4-7,9,17H2,(H,18,19,20). The molecule has 1 aliphatic heterocycles. The summed E-state index contributed by atoms with van der Waals surface area (Å²) in [6, 6.07) is 8.55. The first-order valence-corrected chi connectivity index (χ1v) is 7.39. The Bertz CT molecular complexity index is 665. The fourth-order valence-electron chi connectivity index (χ4n) is 2.83. The lowest BCUT2D eigenvalue weighted by Crippen LogP contribution is -2.19. The molecule has 108 valence electrons. The van der Waals surface area contributed by atoms with Crippen LogP contribution in [0.4, 0.5) is 5.82 Å². The summed E-state index contributed by atoms with van der Waals surface area (Å²) in [5.41, 5.74) is 7.15. The van der Waals surface area contributed by atoms with Gasteiger partial charge in [0.15, 0.2) is 5.82 Å². The first-order valence-electron chi connectivity index (χ1n) is 7.39. The van der Waals surface area contributed by atoms with Crippen LogP contribution in [-0.2, 0) is 17.8 Å². The largest absolute Gasteiger partial charge is 0.376 e. The van der Waals surface area contributed by atoms with Gasteiger partial charge in [0.05, 0.1) is 18.9 Å². The van der Waals surface area contributed by atoms with Gasteiger partial charge in [-0.3, -0.25) is 0 Å². The number of aromatic nitrogens is 2. The van der Waals surface area contributed by atoms with Gasteiger partial charge < -0.3 is 10.2 Å². The van der Waals surface area contributed by atoms with Gasteiger partial charge in [0.2, 0.25) is 0 Å². The molecule has 1 aromatic carbocycles. The van der Waals surface area contributed by atoms with Crippen LogP contribution in [0.25, 0.3) is 11.4 Å². The van der Waals surface area contributed by atoms with Gasteiger partial charge in [-0.05, 0) is 30.4 Å². The molecule has 2 aromatic rings. The molecule has 0 atom stereocenters. The highest BCUT2D eigenvalue weighted by molar-refractivity contribution is 5.61. The van der Waals surface area contributed by atoms with Crippen molar-refractivity contribution in [3.63, 3.8) is 0 Å². The van der Waals surface area contributed by atoms with Crippen LogP contribution in [-0.4, -0.2) is 16.6 Å². The van der Waals surface area contributed by atoms with Gasteiger partial charge in [-0.25, -0.2) is 15.8 Å². The summed E-state index contributed by atoms with van der Waals surface area (Å²) < 4.78 is 5.47. The maximum atomic E-state index is 5.61. The molecule has 0 amide bonds. The van der Waals surface area contributed by atoms with Crippen molar-refractivity contribution in [2.45, 2.75) is 31.8 Å². The van der Waals surface area contributed by atoms with E-state index in [2.05, 4.69) is 34.7 Å². The Hall–Kier alpha value is -1.98. The van der Waals surface area contributed by atoms with E-state index in [4.69, 9.17) is 15.6 Å². The summed E-state index contributed by atoms with van der Waals surface area (Å²) in [5.74, 6) is 7.75. The highest BCUT2D eigenvalue weighted by Gasteiger charge is 2.24. The first kappa shape index (κ1) is 12.7. The number of nitrogens with two attached hydrogens (primary N) is 1. The number of nitrogen functional groups attached to an aromatic ring is 1. The van der Waals surface area contributed by atoms with Crippen molar-refractivity contribution in [1.29, 1.82) is 0 Å². The van der Waals surface area contributed by atoms with Crippen LogP contribution in [0.15, 0.2) is 24.3 Å². The lowest BCUT2D eigenvalue weighted by molar-refractivity contribution is 0.109. The van der Waals surface area contributed by atoms with Crippen molar-refractivity contribution < 1.29 is 4.74 Å². The molecule has 1 aromatic heterocycles. The van der Waals surface area contributed by atoms with Crippen LogP contribution in [0.5, 0.6) is 0 Å². The van der Waals surface area contributed by atoms with Crippen molar-refractivity contribution >= 4 is 5.82 Å². The Morgan fingerprint density at radius 2 is 2.14 bits per heavy atom. The number of benzene rings is 1. The van der Waals surface area contributed by atoms with Crippen LogP contribution in [0.2, 0.25) is 0 Å². The van der Waals surface area contributed by atoms with E-state index in [1.54, 1.807) is 0 Å². The second-order valence-corrected chi connectivity index (χ2v) is 5.67. The van der Waals surface area contributed by atoms with Crippen molar-refractivity contribution in [2.75, 3.05) is 12.0 Å². The molecule has 4 rings (SSSR count). The normalized spacial score (nSPS) is 17.4. The molecule has 2 heterocycles. The highest BCUT2D eigenvalue weighted by atomic mass is 16.5. The third kappa shape index (κ3) is 2.39. The van der Waals surface area contributed by atoms with E-state index in [1.807, 2.05) is 0 Å². The second kappa shape index (κ2) is 5.09. The first-order chi connectivity index (χ1) is 10.3.